The lowest BCUT2D eigenvalue weighted by Gasteiger charge is -2.64. The van der Waals surface area contributed by atoms with Crippen molar-refractivity contribution in [2.24, 2.45) is 45.3 Å². The van der Waals surface area contributed by atoms with E-state index >= 15 is 0 Å². The number of rotatable bonds is 2. The van der Waals surface area contributed by atoms with Crippen LogP contribution in [0, 0.1) is 45.3 Å². The average Bonchev–Trinajstić information content (AvgIpc) is 3.03. The molecule has 5 nitrogen and oxygen atoms in total. The van der Waals surface area contributed by atoms with E-state index < -0.39 is 18.0 Å². The molecule has 0 aromatic heterocycles. The Morgan fingerprint density at radius 3 is 2.34 bits per heavy atom. The van der Waals surface area contributed by atoms with Gasteiger partial charge in [-0.2, -0.15) is 0 Å². The van der Waals surface area contributed by atoms with Gasteiger partial charge in [-0.15, -0.1) is 0 Å². The Hall–Kier alpha value is -0.750. The largest absolute Gasteiger partial charge is 0.393 e. The highest BCUT2D eigenvalue weighted by molar-refractivity contribution is 5.85. The van der Waals surface area contributed by atoms with Gasteiger partial charge in [0.25, 0.3) is 0 Å². The highest BCUT2D eigenvalue weighted by Crippen LogP contribution is 2.73. The van der Waals surface area contributed by atoms with Gasteiger partial charge in [0.05, 0.1) is 11.7 Å². The molecule has 4 fully saturated rings. The molecule has 1 heterocycles. The van der Waals surface area contributed by atoms with Crippen LogP contribution in [-0.4, -0.2) is 45.2 Å². The number of aliphatic hydroxyl groups excluding tert-OH is 2. The van der Waals surface area contributed by atoms with Gasteiger partial charge in [0, 0.05) is 12.3 Å². The van der Waals surface area contributed by atoms with Gasteiger partial charge < -0.3 is 20.1 Å². The maximum atomic E-state index is 13.0. The Balaban J connectivity index is 1.45. The zero-order valence-corrected chi connectivity index (χ0v) is 22.9. The van der Waals surface area contributed by atoms with Crippen LogP contribution < -0.4 is 0 Å². The number of Topliss-reactive ketones (excluding diaryl/α,β-unsaturated/α-hetero) is 1. The summed E-state index contributed by atoms with van der Waals surface area (Å²) < 4.78 is 5.79. The fourth-order valence-corrected chi connectivity index (χ4v) is 10.1. The number of hydrogen-bond acceptors (Lipinski definition) is 5. The molecule has 10 atom stereocenters. The van der Waals surface area contributed by atoms with Crippen LogP contribution in [0.4, 0.5) is 0 Å². The SMILES string of the molecule is CC(C)(O)C1O[C@H](O)[C@H]([C@@H]2CC[C@]3(C)C4=CC[C@H]5C(C)(C)[C@H](O)CC[C@]5(C)[C@H]4CC[C@@]23C)CC1=O. The van der Waals surface area contributed by atoms with Crippen molar-refractivity contribution in [1.29, 1.82) is 0 Å². The van der Waals surface area contributed by atoms with Gasteiger partial charge in [-0.25, -0.2) is 0 Å². The molecule has 3 saturated carbocycles. The molecule has 1 saturated heterocycles. The zero-order chi connectivity index (χ0) is 25.8. The second kappa shape index (κ2) is 7.88. The lowest BCUT2D eigenvalue weighted by molar-refractivity contribution is -0.238. The number of ketones is 1. The van der Waals surface area contributed by atoms with Crippen molar-refractivity contribution in [3.05, 3.63) is 11.6 Å². The number of carbonyl (C=O) groups excluding carboxylic acids is 1. The van der Waals surface area contributed by atoms with E-state index in [2.05, 4.69) is 40.7 Å². The minimum absolute atomic E-state index is 0.000908. The maximum absolute atomic E-state index is 13.0. The predicted molar refractivity (Wildman–Crippen MR) is 135 cm³/mol. The van der Waals surface area contributed by atoms with E-state index in [1.807, 2.05) is 0 Å². The highest BCUT2D eigenvalue weighted by Gasteiger charge is 2.66. The average molecular weight is 489 g/mol. The van der Waals surface area contributed by atoms with E-state index in [1.54, 1.807) is 19.4 Å². The van der Waals surface area contributed by atoms with Gasteiger partial charge in [-0.05, 0) is 98.2 Å². The van der Waals surface area contributed by atoms with E-state index in [9.17, 15) is 20.1 Å². The number of allylic oxidation sites excluding steroid dienone is 2. The van der Waals surface area contributed by atoms with Crippen LogP contribution in [0.3, 0.4) is 0 Å². The molecule has 35 heavy (non-hydrogen) atoms. The minimum Gasteiger partial charge on any atom is -0.393 e. The summed E-state index contributed by atoms with van der Waals surface area (Å²) in [5.74, 6) is 0.932. The molecule has 0 aromatic carbocycles. The third-order valence-electron chi connectivity index (χ3n) is 12.4. The molecule has 4 aliphatic carbocycles. The number of hydrogen-bond donors (Lipinski definition) is 3. The number of ether oxygens (including phenoxy) is 1. The lowest BCUT2D eigenvalue weighted by Crippen LogP contribution is -2.59. The van der Waals surface area contributed by atoms with Crippen LogP contribution in [0.1, 0.15) is 99.8 Å². The molecule has 0 spiro atoms. The van der Waals surface area contributed by atoms with Crippen LogP contribution in [0.15, 0.2) is 11.6 Å². The van der Waals surface area contributed by atoms with Crippen molar-refractivity contribution in [2.45, 2.75) is 124 Å². The molecule has 0 aromatic rings. The second-order valence-electron chi connectivity index (χ2n) is 14.7. The van der Waals surface area contributed by atoms with Gasteiger partial charge in [-0.3, -0.25) is 4.79 Å². The van der Waals surface area contributed by atoms with E-state index in [1.165, 1.54) is 0 Å². The summed E-state index contributed by atoms with van der Waals surface area (Å²) in [7, 11) is 0. The number of carbonyl (C=O) groups is 1. The summed E-state index contributed by atoms with van der Waals surface area (Å²) in [5.41, 5.74) is 0.500. The Labute approximate surface area is 211 Å². The normalized spacial score (nSPS) is 51.8. The molecule has 5 heteroatoms. The monoisotopic (exact) mass is 488 g/mol. The molecule has 198 valence electrons. The molecule has 0 bridgehead atoms. The number of fused-ring (bicyclic) bond motifs is 5. The maximum Gasteiger partial charge on any atom is 0.165 e. The molecule has 5 rings (SSSR count). The van der Waals surface area contributed by atoms with Crippen LogP contribution >= 0.6 is 0 Å². The molecule has 0 amide bonds. The van der Waals surface area contributed by atoms with Crippen molar-refractivity contribution in [3.63, 3.8) is 0 Å². The topological polar surface area (TPSA) is 87.0 Å². The minimum atomic E-state index is -1.30. The Kier molecular flexibility index (Phi) is 5.83. The van der Waals surface area contributed by atoms with E-state index in [4.69, 9.17) is 4.74 Å². The van der Waals surface area contributed by atoms with Crippen molar-refractivity contribution >= 4 is 5.78 Å². The Morgan fingerprint density at radius 2 is 1.69 bits per heavy atom. The van der Waals surface area contributed by atoms with Gasteiger partial charge in [0.15, 0.2) is 12.1 Å². The van der Waals surface area contributed by atoms with Gasteiger partial charge in [0.1, 0.15) is 6.10 Å². The molecule has 5 aliphatic rings. The first-order valence-electron chi connectivity index (χ1n) is 14.0. The molecular weight excluding hydrogens is 440 g/mol. The zero-order valence-electron chi connectivity index (χ0n) is 22.9. The fraction of sp³-hybridized carbons (Fsp3) is 0.900. The number of aliphatic hydroxyl groups is 3. The first-order valence-corrected chi connectivity index (χ1v) is 14.0. The first-order chi connectivity index (χ1) is 16.1. The predicted octanol–water partition coefficient (Wildman–Crippen LogP) is 5.02. The summed E-state index contributed by atoms with van der Waals surface area (Å²) in [6.45, 7) is 15.0. The van der Waals surface area contributed by atoms with Crippen molar-refractivity contribution in [2.75, 3.05) is 0 Å². The molecule has 3 N–H and O–H groups in total. The lowest BCUT2D eigenvalue weighted by atomic mass is 9.41. The second-order valence-corrected chi connectivity index (χ2v) is 14.7. The molecule has 1 aliphatic heterocycles. The Bertz CT molecular complexity index is 916. The smallest absolute Gasteiger partial charge is 0.165 e. The van der Waals surface area contributed by atoms with Crippen molar-refractivity contribution in [3.8, 4) is 0 Å². The van der Waals surface area contributed by atoms with E-state index in [0.717, 1.165) is 44.9 Å². The van der Waals surface area contributed by atoms with Crippen molar-refractivity contribution < 1.29 is 24.9 Å². The van der Waals surface area contributed by atoms with Gasteiger partial charge in [-0.1, -0.05) is 46.3 Å². The summed E-state index contributed by atoms with van der Waals surface area (Å²) >= 11 is 0. The molecule has 0 radical (unpaired) electrons. The third kappa shape index (κ3) is 3.43. The van der Waals surface area contributed by atoms with Crippen molar-refractivity contribution in [1.82, 2.24) is 0 Å². The van der Waals surface area contributed by atoms with Crippen LogP contribution in [0.2, 0.25) is 0 Å². The fourth-order valence-electron chi connectivity index (χ4n) is 10.1. The molecule has 1 unspecified atom stereocenters. The van der Waals surface area contributed by atoms with E-state index in [-0.39, 0.29) is 51.8 Å². The summed E-state index contributed by atoms with van der Waals surface area (Å²) in [5, 5.41) is 32.3. The standard InChI is InChI=1S/C30H48O5/c1-26(2)22-9-8-20-19(28(22,5)13-12-23(26)32)11-15-29(6)18(10-14-30(20,29)7)17-16-21(31)24(27(3,4)34)35-25(17)33/h8,17-19,22-25,32-34H,9-16H2,1-7H3/t17-,18-,19-,22-,23+,24?,25-,28+,29-,30+/m0/s1. The van der Waals surface area contributed by atoms with E-state index in [0.29, 0.717) is 11.8 Å². The molecular formula is C30H48O5. The van der Waals surface area contributed by atoms with Gasteiger partial charge >= 0.3 is 0 Å². The van der Waals surface area contributed by atoms with Crippen LogP contribution in [0.25, 0.3) is 0 Å². The summed E-state index contributed by atoms with van der Waals surface area (Å²) in [6.07, 6.45) is 7.91. The Morgan fingerprint density at radius 1 is 1.00 bits per heavy atom. The summed E-state index contributed by atoms with van der Waals surface area (Å²) in [6, 6.07) is 0. The van der Waals surface area contributed by atoms with Crippen LogP contribution in [-0.2, 0) is 9.53 Å². The van der Waals surface area contributed by atoms with Crippen LogP contribution in [0.5, 0.6) is 0 Å². The summed E-state index contributed by atoms with van der Waals surface area (Å²) in [4.78, 5) is 13.0. The quantitative estimate of drug-likeness (QED) is 0.475. The highest BCUT2D eigenvalue weighted by atomic mass is 16.6. The third-order valence-corrected chi connectivity index (χ3v) is 12.4. The van der Waals surface area contributed by atoms with Gasteiger partial charge in [0.2, 0.25) is 0 Å². The first kappa shape index (κ1) is 25.9.